The molecule has 0 aliphatic rings. The van der Waals surface area contributed by atoms with Gasteiger partial charge in [0.25, 0.3) is 0 Å². The molecule has 0 saturated heterocycles. The summed E-state index contributed by atoms with van der Waals surface area (Å²) < 4.78 is 0. The Morgan fingerprint density at radius 3 is 2.43 bits per heavy atom. The highest BCUT2D eigenvalue weighted by molar-refractivity contribution is 5.80. The van der Waals surface area contributed by atoms with Crippen LogP contribution in [0, 0.1) is 6.92 Å². The summed E-state index contributed by atoms with van der Waals surface area (Å²) >= 11 is 0. The van der Waals surface area contributed by atoms with Gasteiger partial charge in [0, 0.05) is 11.1 Å². The molecule has 0 bridgehead atoms. The number of aromatic nitrogens is 1. The number of hydrogen-bond donors (Lipinski definition) is 1. The van der Waals surface area contributed by atoms with Gasteiger partial charge in [-0.3, -0.25) is 4.98 Å². The van der Waals surface area contributed by atoms with Crippen LogP contribution in [0.25, 0.3) is 10.9 Å². The number of fused-ring (bicyclic) bond motifs is 1. The Hall–Kier alpha value is -2.19. The van der Waals surface area contributed by atoms with Gasteiger partial charge in [-0.15, -0.1) is 0 Å². The number of benzene rings is 2. The largest absolute Gasteiger partial charge is 0.318 e. The zero-order valence-electron chi connectivity index (χ0n) is 12.5. The summed E-state index contributed by atoms with van der Waals surface area (Å²) in [6.45, 7) is 4.14. The SMILES string of the molecule is CCC(N)(c1ccccc1)c1ccc2nc(C)ccc2c1. The number of pyridine rings is 1. The van der Waals surface area contributed by atoms with Gasteiger partial charge < -0.3 is 5.73 Å². The monoisotopic (exact) mass is 276 g/mol. The second kappa shape index (κ2) is 5.30. The second-order valence-electron chi connectivity index (χ2n) is 5.55. The van der Waals surface area contributed by atoms with E-state index >= 15 is 0 Å². The molecule has 2 nitrogen and oxygen atoms in total. The Morgan fingerprint density at radius 1 is 0.952 bits per heavy atom. The van der Waals surface area contributed by atoms with E-state index in [9.17, 15) is 0 Å². The third-order valence-electron chi connectivity index (χ3n) is 4.19. The van der Waals surface area contributed by atoms with Crippen LogP contribution < -0.4 is 5.73 Å². The van der Waals surface area contributed by atoms with Crippen LogP contribution in [-0.2, 0) is 5.54 Å². The van der Waals surface area contributed by atoms with Crippen molar-refractivity contribution < 1.29 is 0 Å². The van der Waals surface area contributed by atoms with Gasteiger partial charge in [0.15, 0.2) is 0 Å². The highest BCUT2D eigenvalue weighted by Crippen LogP contribution is 2.31. The van der Waals surface area contributed by atoms with Gasteiger partial charge in [0.1, 0.15) is 0 Å². The molecule has 2 aromatic carbocycles. The summed E-state index contributed by atoms with van der Waals surface area (Å²) in [5.74, 6) is 0. The smallest absolute Gasteiger partial charge is 0.0705 e. The van der Waals surface area contributed by atoms with E-state index in [1.165, 1.54) is 0 Å². The molecular weight excluding hydrogens is 256 g/mol. The summed E-state index contributed by atoms with van der Waals surface area (Å²) in [7, 11) is 0. The molecular formula is C19H20N2. The quantitative estimate of drug-likeness (QED) is 0.780. The lowest BCUT2D eigenvalue weighted by atomic mass is 9.81. The predicted octanol–water partition coefficient (Wildman–Crippen LogP) is 4.16. The van der Waals surface area contributed by atoms with Crippen molar-refractivity contribution in [1.29, 1.82) is 0 Å². The first-order valence-electron chi connectivity index (χ1n) is 7.36. The van der Waals surface area contributed by atoms with Gasteiger partial charge in [0.05, 0.1) is 11.1 Å². The van der Waals surface area contributed by atoms with Gasteiger partial charge in [-0.1, -0.05) is 49.4 Å². The fourth-order valence-corrected chi connectivity index (χ4v) is 2.82. The molecule has 0 radical (unpaired) electrons. The standard InChI is InChI=1S/C19H20N2/c1-3-19(20,16-7-5-4-6-8-16)17-11-12-18-15(13-17)10-9-14(2)21-18/h4-13H,3,20H2,1-2H3. The number of aryl methyl sites for hydroxylation is 1. The third kappa shape index (κ3) is 2.43. The molecule has 0 amide bonds. The Labute approximate surface area is 125 Å². The van der Waals surface area contributed by atoms with Crippen molar-refractivity contribution in [3.63, 3.8) is 0 Å². The maximum Gasteiger partial charge on any atom is 0.0705 e. The third-order valence-corrected chi connectivity index (χ3v) is 4.19. The van der Waals surface area contributed by atoms with Crippen LogP contribution in [0.15, 0.2) is 60.7 Å². The Bertz CT molecular complexity index is 765. The van der Waals surface area contributed by atoms with E-state index in [1.54, 1.807) is 0 Å². The lowest BCUT2D eigenvalue weighted by Crippen LogP contribution is -2.37. The van der Waals surface area contributed by atoms with Crippen LogP contribution in [0.5, 0.6) is 0 Å². The normalized spacial score (nSPS) is 14.0. The lowest BCUT2D eigenvalue weighted by molar-refractivity contribution is 0.519. The summed E-state index contributed by atoms with van der Waals surface area (Å²) in [5, 5.41) is 1.14. The maximum absolute atomic E-state index is 6.74. The van der Waals surface area contributed by atoms with Crippen molar-refractivity contribution in [2.24, 2.45) is 5.73 Å². The van der Waals surface area contributed by atoms with E-state index < -0.39 is 5.54 Å². The zero-order valence-corrected chi connectivity index (χ0v) is 12.5. The average molecular weight is 276 g/mol. The van der Waals surface area contributed by atoms with Gasteiger partial charge in [0.2, 0.25) is 0 Å². The maximum atomic E-state index is 6.74. The highest BCUT2D eigenvalue weighted by atomic mass is 14.7. The van der Waals surface area contributed by atoms with Crippen molar-refractivity contribution in [2.45, 2.75) is 25.8 Å². The zero-order chi connectivity index (χ0) is 14.9. The van der Waals surface area contributed by atoms with Crippen molar-refractivity contribution >= 4 is 10.9 Å². The summed E-state index contributed by atoms with van der Waals surface area (Å²) in [4.78, 5) is 4.56. The van der Waals surface area contributed by atoms with Gasteiger partial charge in [-0.2, -0.15) is 0 Å². The molecule has 1 heterocycles. The van der Waals surface area contributed by atoms with Gasteiger partial charge in [-0.25, -0.2) is 0 Å². The molecule has 106 valence electrons. The van der Waals surface area contributed by atoms with Crippen molar-refractivity contribution in [3.8, 4) is 0 Å². The molecule has 0 fully saturated rings. The first-order valence-corrected chi connectivity index (χ1v) is 7.36. The summed E-state index contributed by atoms with van der Waals surface area (Å²) in [5.41, 5.74) is 10.6. The molecule has 0 aliphatic heterocycles. The van der Waals surface area contributed by atoms with E-state index in [1.807, 2.05) is 31.2 Å². The number of hydrogen-bond acceptors (Lipinski definition) is 2. The van der Waals surface area contributed by atoms with E-state index in [2.05, 4.69) is 48.3 Å². The number of rotatable bonds is 3. The molecule has 21 heavy (non-hydrogen) atoms. The van der Waals surface area contributed by atoms with E-state index in [-0.39, 0.29) is 0 Å². The molecule has 3 aromatic rings. The van der Waals surface area contributed by atoms with E-state index in [4.69, 9.17) is 5.73 Å². The minimum absolute atomic E-state index is 0.458. The topological polar surface area (TPSA) is 38.9 Å². The average Bonchev–Trinajstić information content (AvgIpc) is 2.54. The molecule has 1 aromatic heterocycles. The van der Waals surface area contributed by atoms with Crippen LogP contribution in [0.1, 0.15) is 30.2 Å². The molecule has 3 rings (SSSR count). The highest BCUT2D eigenvalue weighted by Gasteiger charge is 2.27. The van der Waals surface area contributed by atoms with E-state index in [0.717, 1.165) is 34.1 Å². The number of nitrogens with two attached hydrogens (primary N) is 1. The molecule has 0 saturated carbocycles. The Kier molecular flexibility index (Phi) is 3.48. The van der Waals surface area contributed by atoms with Crippen LogP contribution in [0.2, 0.25) is 0 Å². The second-order valence-corrected chi connectivity index (χ2v) is 5.55. The molecule has 2 heteroatoms. The van der Waals surface area contributed by atoms with Gasteiger partial charge in [-0.05, 0) is 42.7 Å². The lowest BCUT2D eigenvalue weighted by Gasteiger charge is -2.29. The van der Waals surface area contributed by atoms with Gasteiger partial charge >= 0.3 is 0 Å². The minimum atomic E-state index is -0.458. The Balaban J connectivity index is 2.15. The fraction of sp³-hybridized carbons (Fsp3) is 0.211. The molecule has 1 unspecified atom stereocenters. The summed E-state index contributed by atoms with van der Waals surface area (Å²) in [6, 6.07) is 20.8. The molecule has 2 N–H and O–H groups in total. The predicted molar refractivity (Wildman–Crippen MR) is 88.2 cm³/mol. The minimum Gasteiger partial charge on any atom is -0.318 e. The van der Waals surface area contributed by atoms with Crippen LogP contribution >= 0.6 is 0 Å². The van der Waals surface area contributed by atoms with Crippen molar-refractivity contribution in [3.05, 3.63) is 77.5 Å². The van der Waals surface area contributed by atoms with Crippen molar-refractivity contribution in [2.75, 3.05) is 0 Å². The van der Waals surface area contributed by atoms with E-state index in [0.29, 0.717) is 0 Å². The molecule has 0 aliphatic carbocycles. The van der Waals surface area contributed by atoms with Crippen LogP contribution in [0.3, 0.4) is 0 Å². The molecule has 1 atom stereocenters. The van der Waals surface area contributed by atoms with Crippen LogP contribution in [-0.4, -0.2) is 4.98 Å². The number of nitrogens with zero attached hydrogens (tertiary/aromatic N) is 1. The van der Waals surface area contributed by atoms with Crippen molar-refractivity contribution in [1.82, 2.24) is 4.98 Å². The first kappa shape index (κ1) is 13.8. The summed E-state index contributed by atoms with van der Waals surface area (Å²) in [6.07, 6.45) is 0.849. The molecule has 0 spiro atoms. The fourth-order valence-electron chi connectivity index (χ4n) is 2.82. The van der Waals surface area contributed by atoms with Crippen LogP contribution in [0.4, 0.5) is 0 Å². The first-order chi connectivity index (χ1) is 10.1. The Morgan fingerprint density at radius 2 is 1.71 bits per heavy atom.